The molecule has 4 aromatic rings. The highest BCUT2D eigenvalue weighted by atomic mass is 35.5. The molecule has 2 N–H and O–H groups in total. The summed E-state index contributed by atoms with van der Waals surface area (Å²) in [6, 6.07) is 14.9. The van der Waals surface area contributed by atoms with Crippen molar-refractivity contribution in [3.05, 3.63) is 53.6 Å². The zero-order valence-electron chi connectivity index (χ0n) is 10.9. The summed E-state index contributed by atoms with van der Waals surface area (Å²) >= 11 is 6.17. The lowest BCUT2D eigenvalue weighted by molar-refractivity contribution is 0.426. The molecule has 0 aliphatic rings. The van der Waals surface area contributed by atoms with Gasteiger partial charge in [-0.2, -0.15) is 0 Å². The van der Waals surface area contributed by atoms with Crippen molar-refractivity contribution in [1.82, 2.24) is 0 Å². The van der Waals surface area contributed by atoms with Crippen LogP contribution in [-0.2, 0) is 0 Å². The first-order valence-corrected chi connectivity index (χ1v) is 6.93. The summed E-state index contributed by atoms with van der Waals surface area (Å²) in [7, 11) is -1.58. The molecule has 0 saturated carbocycles. The minimum absolute atomic E-state index is 0.448. The molecule has 0 fully saturated rings. The van der Waals surface area contributed by atoms with E-state index in [-0.39, 0.29) is 0 Å². The first-order chi connectivity index (χ1) is 10.2. The maximum absolute atomic E-state index is 9.85. The third-order valence-electron chi connectivity index (χ3n) is 3.76. The molecule has 1 heterocycles. The van der Waals surface area contributed by atoms with E-state index in [9.17, 15) is 10.0 Å². The summed E-state index contributed by atoms with van der Waals surface area (Å²) in [5.74, 6) is 0. The van der Waals surface area contributed by atoms with Crippen LogP contribution in [0.25, 0.3) is 32.7 Å². The molecule has 0 aliphatic carbocycles. The van der Waals surface area contributed by atoms with Crippen LogP contribution in [0.4, 0.5) is 0 Å². The van der Waals surface area contributed by atoms with Gasteiger partial charge in [-0.15, -0.1) is 0 Å². The Morgan fingerprint density at radius 2 is 1.71 bits per heavy atom. The zero-order valence-corrected chi connectivity index (χ0v) is 11.6. The maximum atomic E-state index is 9.85. The van der Waals surface area contributed by atoms with Gasteiger partial charge in [-0.3, -0.25) is 0 Å². The van der Waals surface area contributed by atoms with Crippen molar-refractivity contribution in [3.63, 3.8) is 0 Å². The minimum Gasteiger partial charge on any atom is -0.454 e. The highest BCUT2D eigenvalue weighted by Gasteiger charge is 2.23. The third kappa shape index (κ3) is 1.77. The molecule has 0 spiro atoms. The van der Waals surface area contributed by atoms with Crippen LogP contribution in [0.2, 0.25) is 5.02 Å². The SMILES string of the molecule is OB(O)c1c2ccccc2cc2oc3c(Cl)cccc3c12. The number of para-hydroxylation sites is 1. The van der Waals surface area contributed by atoms with Gasteiger partial charge < -0.3 is 14.5 Å². The molecular formula is C16H10BClO3. The molecule has 0 unspecified atom stereocenters. The summed E-state index contributed by atoms with van der Waals surface area (Å²) in [5, 5.41) is 23.4. The molecule has 0 bridgehead atoms. The van der Waals surface area contributed by atoms with Crippen molar-refractivity contribution in [1.29, 1.82) is 0 Å². The second-order valence-corrected chi connectivity index (χ2v) is 5.38. The second-order valence-electron chi connectivity index (χ2n) is 4.98. The molecule has 3 aromatic carbocycles. The largest absolute Gasteiger partial charge is 0.489 e. The van der Waals surface area contributed by atoms with Gasteiger partial charge in [0.05, 0.1) is 5.02 Å². The lowest BCUT2D eigenvalue weighted by Gasteiger charge is -2.07. The van der Waals surface area contributed by atoms with Gasteiger partial charge in [0.15, 0.2) is 5.58 Å². The molecule has 0 amide bonds. The number of furan rings is 1. The normalized spacial score (nSPS) is 11.6. The molecule has 0 aliphatic heterocycles. The van der Waals surface area contributed by atoms with E-state index in [0.717, 1.165) is 16.2 Å². The predicted octanol–water partition coefficient (Wildman–Crippen LogP) is 3.07. The van der Waals surface area contributed by atoms with Crippen LogP contribution in [0.3, 0.4) is 0 Å². The molecule has 102 valence electrons. The smallest absolute Gasteiger partial charge is 0.454 e. The molecule has 3 nitrogen and oxygen atoms in total. The van der Waals surface area contributed by atoms with E-state index in [2.05, 4.69) is 0 Å². The third-order valence-corrected chi connectivity index (χ3v) is 4.06. The van der Waals surface area contributed by atoms with Gasteiger partial charge in [0, 0.05) is 16.2 Å². The summed E-state index contributed by atoms with van der Waals surface area (Å²) in [5.41, 5.74) is 1.61. The van der Waals surface area contributed by atoms with Crippen molar-refractivity contribution < 1.29 is 14.5 Å². The van der Waals surface area contributed by atoms with Crippen LogP contribution >= 0.6 is 11.6 Å². The van der Waals surface area contributed by atoms with Crippen molar-refractivity contribution in [2.45, 2.75) is 0 Å². The van der Waals surface area contributed by atoms with E-state index < -0.39 is 7.12 Å². The maximum Gasteiger partial charge on any atom is 0.489 e. The molecule has 1 aromatic heterocycles. The van der Waals surface area contributed by atoms with Gasteiger partial charge in [-0.1, -0.05) is 48.0 Å². The fourth-order valence-corrected chi connectivity index (χ4v) is 3.11. The van der Waals surface area contributed by atoms with E-state index in [1.54, 1.807) is 6.07 Å². The number of fused-ring (bicyclic) bond motifs is 4. The molecule has 0 radical (unpaired) electrons. The highest BCUT2D eigenvalue weighted by molar-refractivity contribution is 6.66. The lowest BCUT2D eigenvalue weighted by atomic mass is 9.74. The molecular weight excluding hydrogens is 286 g/mol. The van der Waals surface area contributed by atoms with E-state index >= 15 is 0 Å². The Balaban J connectivity index is 2.33. The summed E-state index contributed by atoms with van der Waals surface area (Å²) in [6.45, 7) is 0. The van der Waals surface area contributed by atoms with Crippen LogP contribution in [0.1, 0.15) is 0 Å². The number of halogens is 1. The van der Waals surface area contributed by atoms with Crippen LogP contribution < -0.4 is 5.46 Å². The Bertz CT molecular complexity index is 991. The van der Waals surface area contributed by atoms with Gasteiger partial charge >= 0.3 is 7.12 Å². The molecule has 4 rings (SSSR count). The fraction of sp³-hybridized carbons (Fsp3) is 0. The Morgan fingerprint density at radius 3 is 2.52 bits per heavy atom. The molecule has 0 atom stereocenters. The van der Waals surface area contributed by atoms with E-state index in [1.165, 1.54) is 0 Å². The van der Waals surface area contributed by atoms with Gasteiger partial charge in [0.25, 0.3) is 0 Å². The number of hydrogen-bond donors (Lipinski definition) is 2. The lowest BCUT2D eigenvalue weighted by Crippen LogP contribution is -2.31. The standard InChI is InChI=1S/C16H10BClO3/c18-12-7-3-6-11-14-13(21-16(11)12)8-9-4-1-2-5-10(9)15(14)17(19)20/h1-8,19-20H. The molecule has 21 heavy (non-hydrogen) atoms. The summed E-state index contributed by atoms with van der Waals surface area (Å²) < 4.78 is 5.83. The Labute approximate surface area is 125 Å². The van der Waals surface area contributed by atoms with Crippen molar-refractivity contribution in [2.75, 3.05) is 0 Å². The number of benzene rings is 3. The quantitative estimate of drug-likeness (QED) is 0.531. The van der Waals surface area contributed by atoms with Crippen LogP contribution in [-0.4, -0.2) is 17.2 Å². The zero-order chi connectivity index (χ0) is 14.6. The Morgan fingerprint density at radius 1 is 0.952 bits per heavy atom. The molecule has 5 heteroatoms. The van der Waals surface area contributed by atoms with Crippen LogP contribution in [0.15, 0.2) is 52.9 Å². The average Bonchev–Trinajstić information content (AvgIpc) is 2.84. The van der Waals surface area contributed by atoms with Crippen LogP contribution in [0.5, 0.6) is 0 Å². The number of hydrogen-bond acceptors (Lipinski definition) is 3. The first kappa shape index (κ1) is 12.7. The topological polar surface area (TPSA) is 53.6 Å². The average molecular weight is 297 g/mol. The van der Waals surface area contributed by atoms with Crippen LogP contribution in [0, 0.1) is 0 Å². The first-order valence-electron chi connectivity index (χ1n) is 6.55. The van der Waals surface area contributed by atoms with E-state index in [4.69, 9.17) is 16.0 Å². The van der Waals surface area contributed by atoms with E-state index in [0.29, 0.717) is 27.0 Å². The van der Waals surface area contributed by atoms with Crippen molar-refractivity contribution in [2.24, 2.45) is 0 Å². The van der Waals surface area contributed by atoms with Crippen molar-refractivity contribution >= 4 is 56.9 Å². The fourth-order valence-electron chi connectivity index (χ4n) is 2.89. The predicted molar refractivity (Wildman–Crippen MR) is 86.1 cm³/mol. The Hall–Kier alpha value is -2.01. The summed E-state index contributed by atoms with van der Waals surface area (Å²) in [4.78, 5) is 0. The minimum atomic E-state index is -1.58. The highest BCUT2D eigenvalue weighted by Crippen LogP contribution is 2.34. The monoisotopic (exact) mass is 296 g/mol. The second kappa shape index (κ2) is 4.50. The van der Waals surface area contributed by atoms with Gasteiger partial charge in [0.2, 0.25) is 0 Å². The van der Waals surface area contributed by atoms with E-state index in [1.807, 2.05) is 42.5 Å². The van der Waals surface area contributed by atoms with Gasteiger partial charge in [-0.25, -0.2) is 0 Å². The Kier molecular flexibility index (Phi) is 2.72. The van der Waals surface area contributed by atoms with Gasteiger partial charge in [0.1, 0.15) is 5.58 Å². The summed E-state index contributed by atoms with van der Waals surface area (Å²) in [6.07, 6.45) is 0. The van der Waals surface area contributed by atoms with Crippen molar-refractivity contribution in [3.8, 4) is 0 Å². The van der Waals surface area contributed by atoms with Gasteiger partial charge in [-0.05, 0) is 22.9 Å². The molecule has 0 saturated heterocycles. The number of rotatable bonds is 1.